The van der Waals surface area contributed by atoms with Crippen LogP contribution in [-0.4, -0.2) is 46.9 Å². The Kier molecular flexibility index (Phi) is 5.78. The monoisotopic (exact) mass is 340 g/mol. The van der Waals surface area contributed by atoms with Gasteiger partial charge < -0.3 is 10.1 Å². The summed E-state index contributed by atoms with van der Waals surface area (Å²) >= 11 is 0. The van der Waals surface area contributed by atoms with Gasteiger partial charge in [0.15, 0.2) is 5.82 Å². The molecule has 24 heavy (non-hydrogen) atoms. The van der Waals surface area contributed by atoms with E-state index in [1.54, 1.807) is 13.0 Å². The Morgan fingerprint density at radius 1 is 1.50 bits per heavy atom. The van der Waals surface area contributed by atoms with Crippen molar-refractivity contribution in [3.63, 3.8) is 0 Å². The number of aliphatic imine (C=N–C) groups is 1. The molecule has 0 atom stereocenters. The molecule has 0 saturated carbocycles. The van der Waals surface area contributed by atoms with Crippen LogP contribution in [0.3, 0.4) is 0 Å². The molecule has 1 aromatic heterocycles. The second kappa shape index (κ2) is 7.80. The highest BCUT2D eigenvalue weighted by Crippen LogP contribution is 2.19. The van der Waals surface area contributed by atoms with Crippen molar-refractivity contribution in [2.75, 3.05) is 25.0 Å². The second-order valence-corrected chi connectivity index (χ2v) is 5.03. The lowest BCUT2D eigenvalue weighted by Gasteiger charge is -2.19. The number of anilines is 1. The quantitative estimate of drug-likeness (QED) is 0.755. The Balaban J connectivity index is 2.07. The van der Waals surface area contributed by atoms with Crippen LogP contribution in [0.4, 0.5) is 14.6 Å². The van der Waals surface area contributed by atoms with Crippen LogP contribution in [0.5, 0.6) is 0 Å². The summed E-state index contributed by atoms with van der Waals surface area (Å²) in [7, 11) is 0. The summed E-state index contributed by atoms with van der Waals surface area (Å²) in [6.07, 6.45) is 6.08. The molecule has 0 aromatic carbocycles. The Hall–Kier alpha value is -2.58. The molecule has 0 fully saturated rings. The molecule has 0 radical (unpaired) electrons. The molecule has 0 saturated heterocycles. The van der Waals surface area contributed by atoms with Crippen molar-refractivity contribution in [3.05, 3.63) is 34.9 Å². The van der Waals surface area contributed by atoms with Crippen molar-refractivity contribution in [1.82, 2.24) is 9.55 Å². The van der Waals surface area contributed by atoms with Gasteiger partial charge in [-0.3, -0.25) is 19.1 Å². The normalized spacial score (nSPS) is 14.2. The third kappa shape index (κ3) is 4.46. The summed E-state index contributed by atoms with van der Waals surface area (Å²) in [5.74, 6) is -4.09. The molecule has 2 rings (SSSR count). The fourth-order valence-electron chi connectivity index (χ4n) is 2.07. The van der Waals surface area contributed by atoms with Crippen LogP contribution >= 0.6 is 0 Å². The summed E-state index contributed by atoms with van der Waals surface area (Å²) in [6.45, 7) is 1.02. The maximum absolute atomic E-state index is 14.1. The van der Waals surface area contributed by atoms with Crippen LogP contribution in [0.25, 0.3) is 0 Å². The number of nitrogens with one attached hydrogen (secondary N) is 1. The number of carbonyl (C=O) groups is 1. The Labute approximate surface area is 137 Å². The van der Waals surface area contributed by atoms with Gasteiger partial charge in [-0.2, -0.15) is 8.78 Å². The molecular formula is C15H18F2N4O3. The summed E-state index contributed by atoms with van der Waals surface area (Å²) < 4.78 is 34.0. The number of hydrogen-bond acceptors (Lipinski definition) is 6. The minimum Gasteiger partial charge on any atom is -0.465 e. The fraction of sp³-hybridized carbons (Fsp3) is 0.467. The third-order valence-corrected chi connectivity index (χ3v) is 3.22. The molecule has 9 heteroatoms. The zero-order chi connectivity index (χ0) is 17.6. The van der Waals surface area contributed by atoms with Crippen LogP contribution in [-0.2, 0) is 16.1 Å². The van der Waals surface area contributed by atoms with Gasteiger partial charge in [-0.05, 0) is 19.4 Å². The van der Waals surface area contributed by atoms with E-state index in [0.717, 1.165) is 4.57 Å². The summed E-state index contributed by atoms with van der Waals surface area (Å²) in [5.41, 5.74) is -1.01. The lowest BCUT2D eigenvalue weighted by molar-refractivity contribution is -0.143. The van der Waals surface area contributed by atoms with E-state index < -0.39 is 24.0 Å². The van der Waals surface area contributed by atoms with E-state index in [4.69, 9.17) is 4.74 Å². The number of carbonyl (C=O) groups excluding carboxylic acids is 1. The summed E-state index contributed by atoms with van der Waals surface area (Å²) in [6, 6.07) is 0. The van der Waals surface area contributed by atoms with Crippen molar-refractivity contribution < 1.29 is 18.3 Å². The minimum absolute atomic E-state index is 0.186. The first-order valence-corrected chi connectivity index (χ1v) is 7.48. The first kappa shape index (κ1) is 17.8. The average Bonchev–Trinajstić information content (AvgIpc) is 2.57. The lowest BCUT2D eigenvalue weighted by atomic mass is 10.1. The Morgan fingerprint density at radius 3 is 2.96 bits per heavy atom. The van der Waals surface area contributed by atoms with E-state index in [-0.39, 0.29) is 24.7 Å². The highest BCUT2D eigenvalue weighted by Gasteiger charge is 2.35. The number of halogens is 2. The summed E-state index contributed by atoms with van der Waals surface area (Å²) in [5, 5.41) is 2.33. The molecule has 1 aromatic rings. The third-order valence-electron chi connectivity index (χ3n) is 3.22. The number of dihydropyridines is 1. The van der Waals surface area contributed by atoms with Crippen LogP contribution in [0.15, 0.2) is 34.3 Å². The fourth-order valence-corrected chi connectivity index (χ4v) is 2.07. The minimum atomic E-state index is -3.23. The van der Waals surface area contributed by atoms with E-state index in [1.807, 2.05) is 0 Å². The van der Waals surface area contributed by atoms with Gasteiger partial charge in [0.25, 0.3) is 5.56 Å². The number of ether oxygens (including phenoxy) is 1. The van der Waals surface area contributed by atoms with Crippen LogP contribution < -0.4 is 10.9 Å². The first-order valence-electron chi connectivity index (χ1n) is 7.48. The van der Waals surface area contributed by atoms with E-state index in [1.165, 1.54) is 18.5 Å². The molecule has 0 unspecified atom stereocenters. The highest BCUT2D eigenvalue weighted by molar-refractivity contribution is 6.01. The van der Waals surface area contributed by atoms with Gasteiger partial charge in [-0.1, -0.05) is 6.08 Å². The van der Waals surface area contributed by atoms with Crippen molar-refractivity contribution >= 4 is 17.5 Å². The summed E-state index contributed by atoms with van der Waals surface area (Å²) in [4.78, 5) is 31.1. The average molecular weight is 340 g/mol. The van der Waals surface area contributed by atoms with Gasteiger partial charge >= 0.3 is 11.9 Å². The number of aromatic nitrogens is 2. The molecule has 0 aliphatic carbocycles. The zero-order valence-corrected chi connectivity index (χ0v) is 13.2. The molecule has 1 aliphatic rings. The molecular weight excluding hydrogens is 322 g/mol. The second-order valence-electron chi connectivity index (χ2n) is 5.03. The lowest BCUT2D eigenvalue weighted by Crippen LogP contribution is -2.38. The Morgan fingerprint density at radius 2 is 2.29 bits per heavy atom. The number of nitrogens with zero attached hydrogens (tertiary/aromatic N) is 3. The molecule has 7 nitrogen and oxygen atoms in total. The van der Waals surface area contributed by atoms with Crippen molar-refractivity contribution in [2.45, 2.75) is 25.8 Å². The smallest absolute Gasteiger partial charge is 0.326 e. The van der Waals surface area contributed by atoms with E-state index in [2.05, 4.69) is 15.3 Å². The number of rotatable bonds is 7. The van der Waals surface area contributed by atoms with Gasteiger partial charge in [0.05, 0.1) is 13.2 Å². The topological polar surface area (TPSA) is 85.6 Å². The zero-order valence-electron chi connectivity index (χ0n) is 13.2. The highest BCUT2D eigenvalue weighted by atomic mass is 19.3. The van der Waals surface area contributed by atoms with Crippen molar-refractivity contribution in [2.24, 2.45) is 4.99 Å². The van der Waals surface area contributed by atoms with Gasteiger partial charge in [0, 0.05) is 18.9 Å². The predicted octanol–water partition coefficient (Wildman–Crippen LogP) is 1.25. The SMILES string of the molecule is CCOC(=O)Cn1ccnc(NCC(F)(F)C2=NCCC=C2)c1=O. The largest absolute Gasteiger partial charge is 0.465 e. The van der Waals surface area contributed by atoms with Crippen LogP contribution in [0, 0.1) is 0 Å². The van der Waals surface area contributed by atoms with Gasteiger partial charge in [-0.15, -0.1) is 0 Å². The molecule has 2 heterocycles. The standard InChI is InChI=1S/C15H18F2N4O3/c1-2-24-12(22)9-21-8-7-19-13(14(21)23)20-10-15(16,17)11-5-3-4-6-18-11/h3,5,7-8H,2,4,6,9-10H2,1H3,(H,19,20). The van der Waals surface area contributed by atoms with Gasteiger partial charge in [-0.25, -0.2) is 4.98 Å². The molecule has 0 bridgehead atoms. The molecule has 130 valence electrons. The van der Waals surface area contributed by atoms with Crippen LogP contribution in [0.1, 0.15) is 13.3 Å². The predicted molar refractivity (Wildman–Crippen MR) is 84.6 cm³/mol. The first-order chi connectivity index (χ1) is 11.4. The van der Waals surface area contributed by atoms with Crippen molar-refractivity contribution in [1.29, 1.82) is 0 Å². The number of hydrogen-bond donors (Lipinski definition) is 1. The van der Waals surface area contributed by atoms with Crippen LogP contribution in [0.2, 0.25) is 0 Å². The molecule has 1 N–H and O–H groups in total. The van der Waals surface area contributed by atoms with E-state index >= 15 is 0 Å². The van der Waals surface area contributed by atoms with E-state index in [9.17, 15) is 18.4 Å². The number of alkyl halides is 2. The van der Waals surface area contributed by atoms with Gasteiger partial charge in [0.2, 0.25) is 0 Å². The number of esters is 1. The maximum Gasteiger partial charge on any atom is 0.326 e. The number of allylic oxidation sites excluding steroid dienone is 1. The molecule has 0 amide bonds. The molecule has 1 aliphatic heterocycles. The van der Waals surface area contributed by atoms with E-state index in [0.29, 0.717) is 13.0 Å². The maximum atomic E-state index is 14.1. The van der Waals surface area contributed by atoms with Crippen molar-refractivity contribution in [3.8, 4) is 0 Å². The molecule has 0 spiro atoms. The Bertz CT molecular complexity index is 713. The van der Waals surface area contributed by atoms with Gasteiger partial charge in [0.1, 0.15) is 12.3 Å².